The molecule has 2 amide bonds. The Kier molecular flexibility index (Phi) is 4.93. The van der Waals surface area contributed by atoms with E-state index in [0.717, 1.165) is 24.5 Å². The van der Waals surface area contributed by atoms with Crippen LogP contribution >= 0.6 is 11.6 Å². The van der Waals surface area contributed by atoms with Crippen molar-refractivity contribution in [1.29, 1.82) is 0 Å². The number of hydrogen-bond donors (Lipinski definition) is 1. The van der Waals surface area contributed by atoms with E-state index in [1.54, 1.807) is 4.90 Å². The van der Waals surface area contributed by atoms with Crippen molar-refractivity contribution < 1.29 is 13.9 Å². The zero-order valence-electron chi connectivity index (χ0n) is 15.9. The van der Waals surface area contributed by atoms with Crippen LogP contribution in [0, 0.1) is 5.82 Å². The summed E-state index contributed by atoms with van der Waals surface area (Å²) >= 11 is 5.80. The molecule has 4 rings (SSSR count). The molecule has 1 saturated heterocycles. The molecule has 0 unspecified atom stereocenters. The van der Waals surface area contributed by atoms with Crippen LogP contribution in [0.15, 0.2) is 24.4 Å². The molecule has 0 spiro atoms. The number of halogens is 2. The van der Waals surface area contributed by atoms with E-state index < -0.39 is 5.82 Å². The first kappa shape index (κ1) is 19.0. The quantitative estimate of drug-likeness (QED) is 0.829. The number of ether oxygens (including phenoxy) is 1. The van der Waals surface area contributed by atoms with E-state index in [9.17, 15) is 9.18 Å². The molecule has 0 saturated carbocycles. The summed E-state index contributed by atoms with van der Waals surface area (Å²) in [6.45, 7) is 7.99. The van der Waals surface area contributed by atoms with Crippen molar-refractivity contribution >= 4 is 29.0 Å². The number of anilines is 2. The molecule has 7 nitrogen and oxygen atoms in total. The van der Waals surface area contributed by atoms with Gasteiger partial charge in [-0.1, -0.05) is 11.6 Å². The van der Waals surface area contributed by atoms with Crippen molar-refractivity contribution in [2.24, 2.45) is 0 Å². The third-order valence-corrected chi connectivity index (χ3v) is 5.36. The number of benzene rings is 1. The van der Waals surface area contributed by atoms with Crippen molar-refractivity contribution in [3.63, 3.8) is 0 Å². The van der Waals surface area contributed by atoms with Crippen LogP contribution in [0.3, 0.4) is 0 Å². The average molecular weight is 408 g/mol. The van der Waals surface area contributed by atoms with E-state index >= 15 is 0 Å². The summed E-state index contributed by atoms with van der Waals surface area (Å²) in [5, 5.41) is 7.26. The minimum Gasteiger partial charge on any atom is -0.372 e. The number of carbonyl (C=O) groups excluding carboxylic acids is 1. The number of fused-ring (bicyclic) bond motifs is 1. The molecule has 1 aromatic heterocycles. The summed E-state index contributed by atoms with van der Waals surface area (Å²) in [4.78, 5) is 16.7. The number of nitrogens with zero attached hydrogens (tertiary/aromatic N) is 4. The molecule has 2 aliphatic rings. The van der Waals surface area contributed by atoms with Gasteiger partial charge in [-0.05, 0) is 32.0 Å². The topological polar surface area (TPSA) is 62.6 Å². The Morgan fingerprint density at radius 2 is 2.14 bits per heavy atom. The fraction of sp³-hybridized carbons (Fsp3) is 0.474. The SMILES string of the molecule is CC1(C)CN(c2cnn3c2CN(C(=O)Nc2ccc(F)c(Cl)c2)CC3)CCO1. The summed E-state index contributed by atoms with van der Waals surface area (Å²) in [6, 6.07) is 3.89. The summed E-state index contributed by atoms with van der Waals surface area (Å²) in [5.74, 6) is -0.514. The maximum atomic E-state index is 13.3. The van der Waals surface area contributed by atoms with Crippen LogP contribution in [0.5, 0.6) is 0 Å². The fourth-order valence-electron chi connectivity index (χ4n) is 3.67. The Morgan fingerprint density at radius 1 is 1.32 bits per heavy atom. The molecular formula is C19H23ClFN5O2. The van der Waals surface area contributed by atoms with Gasteiger partial charge in [-0.3, -0.25) is 4.68 Å². The van der Waals surface area contributed by atoms with Crippen LogP contribution in [-0.2, 0) is 17.8 Å². The van der Waals surface area contributed by atoms with Crippen molar-refractivity contribution in [2.45, 2.75) is 32.5 Å². The molecule has 2 aliphatic heterocycles. The second-order valence-corrected chi connectivity index (χ2v) is 8.12. The molecule has 0 radical (unpaired) electrons. The van der Waals surface area contributed by atoms with E-state index in [2.05, 4.69) is 29.2 Å². The minimum atomic E-state index is -0.514. The lowest BCUT2D eigenvalue weighted by atomic mass is 10.1. The van der Waals surface area contributed by atoms with Gasteiger partial charge in [0.05, 0.1) is 47.9 Å². The Bertz CT molecular complexity index is 900. The largest absolute Gasteiger partial charge is 0.372 e. The Hall–Kier alpha value is -2.32. The molecule has 150 valence electrons. The number of amides is 2. The summed E-state index contributed by atoms with van der Waals surface area (Å²) < 4.78 is 21.1. The van der Waals surface area contributed by atoms with Crippen molar-refractivity contribution in [2.75, 3.05) is 36.5 Å². The standard InChI is InChI=1S/C19H23ClFN5O2/c1-19(2)12-25(7-8-28-19)16-10-22-26-6-5-24(11-17(16)26)18(27)23-13-3-4-15(21)14(20)9-13/h3-4,9-10H,5-8,11-12H2,1-2H3,(H,23,27). The smallest absolute Gasteiger partial charge is 0.322 e. The van der Waals surface area contributed by atoms with Gasteiger partial charge in [0.2, 0.25) is 0 Å². The Morgan fingerprint density at radius 3 is 2.89 bits per heavy atom. The fourth-order valence-corrected chi connectivity index (χ4v) is 3.85. The number of hydrogen-bond acceptors (Lipinski definition) is 4. The summed E-state index contributed by atoms with van der Waals surface area (Å²) in [6.07, 6.45) is 1.87. The van der Waals surface area contributed by atoms with Gasteiger partial charge in [0, 0.05) is 25.3 Å². The molecular weight excluding hydrogens is 385 g/mol. The predicted molar refractivity (Wildman–Crippen MR) is 105 cm³/mol. The number of carbonyl (C=O) groups is 1. The first-order valence-electron chi connectivity index (χ1n) is 9.27. The van der Waals surface area contributed by atoms with Gasteiger partial charge < -0.3 is 19.9 Å². The van der Waals surface area contributed by atoms with Gasteiger partial charge in [-0.15, -0.1) is 0 Å². The van der Waals surface area contributed by atoms with Crippen molar-refractivity contribution in [3.8, 4) is 0 Å². The lowest BCUT2D eigenvalue weighted by Crippen LogP contribution is -2.49. The first-order valence-corrected chi connectivity index (χ1v) is 9.65. The van der Waals surface area contributed by atoms with Crippen LogP contribution < -0.4 is 10.2 Å². The maximum absolute atomic E-state index is 13.3. The first-order chi connectivity index (χ1) is 13.3. The molecule has 1 N–H and O–H groups in total. The zero-order chi connectivity index (χ0) is 19.9. The van der Waals surface area contributed by atoms with Crippen LogP contribution in [-0.4, -0.2) is 52.6 Å². The molecule has 1 fully saturated rings. The third-order valence-electron chi connectivity index (χ3n) is 5.07. The predicted octanol–water partition coefficient (Wildman–Crippen LogP) is 3.34. The van der Waals surface area contributed by atoms with E-state index in [0.29, 0.717) is 31.9 Å². The Balaban J connectivity index is 1.49. The van der Waals surface area contributed by atoms with Crippen LogP contribution in [0.2, 0.25) is 5.02 Å². The minimum absolute atomic E-state index is 0.0215. The molecule has 3 heterocycles. The number of morpholine rings is 1. The highest BCUT2D eigenvalue weighted by Gasteiger charge is 2.32. The molecule has 0 bridgehead atoms. The number of rotatable bonds is 2. The lowest BCUT2D eigenvalue weighted by molar-refractivity contribution is -0.0277. The van der Waals surface area contributed by atoms with E-state index in [1.807, 2.05) is 10.9 Å². The molecule has 0 aliphatic carbocycles. The van der Waals surface area contributed by atoms with Gasteiger partial charge in [0.15, 0.2) is 0 Å². The van der Waals surface area contributed by atoms with E-state index in [-0.39, 0.29) is 16.7 Å². The molecule has 2 aromatic rings. The monoisotopic (exact) mass is 407 g/mol. The molecule has 28 heavy (non-hydrogen) atoms. The van der Waals surface area contributed by atoms with Crippen molar-refractivity contribution in [3.05, 3.63) is 40.9 Å². The highest BCUT2D eigenvalue weighted by molar-refractivity contribution is 6.31. The summed E-state index contributed by atoms with van der Waals surface area (Å²) in [5.41, 5.74) is 2.29. The van der Waals surface area contributed by atoms with Crippen LogP contribution in [0.4, 0.5) is 20.6 Å². The van der Waals surface area contributed by atoms with Gasteiger partial charge in [-0.2, -0.15) is 5.10 Å². The zero-order valence-corrected chi connectivity index (χ0v) is 16.7. The average Bonchev–Trinajstić information content (AvgIpc) is 3.07. The normalized spacial score (nSPS) is 18.7. The van der Waals surface area contributed by atoms with E-state index in [4.69, 9.17) is 16.3 Å². The molecule has 0 atom stereocenters. The summed E-state index contributed by atoms with van der Waals surface area (Å²) in [7, 11) is 0. The van der Waals surface area contributed by atoms with Crippen LogP contribution in [0.1, 0.15) is 19.5 Å². The maximum Gasteiger partial charge on any atom is 0.322 e. The second kappa shape index (κ2) is 7.25. The number of urea groups is 1. The lowest BCUT2D eigenvalue weighted by Gasteiger charge is -2.40. The second-order valence-electron chi connectivity index (χ2n) is 7.71. The highest BCUT2D eigenvalue weighted by Crippen LogP contribution is 2.29. The Labute approximate surface area is 168 Å². The highest BCUT2D eigenvalue weighted by atomic mass is 35.5. The van der Waals surface area contributed by atoms with Crippen molar-refractivity contribution in [1.82, 2.24) is 14.7 Å². The molecule has 1 aromatic carbocycles. The van der Waals surface area contributed by atoms with E-state index in [1.165, 1.54) is 18.2 Å². The van der Waals surface area contributed by atoms with Gasteiger partial charge in [-0.25, -0.2) is 9.18 Å². The van der Waals surface area contributed by atoms with Gasteiger partial charge >= 0.3 is 6.03 Å². The molecule has 9 heteroatoms. The van der Waals surface area contributed by atoms with Gasteiger partial charge in [0.25, 0.3) is 0 Å². The van der Waals surface area contributed by atoms with Gasteiger partial charge in [0.1, 0.15) is 5.82 Å². The number of aromatic nitrogens is 2. The number of nitrogens with one attached hydrogen (secondary N) is 1. The third kappa shape index (κ3) is 3.79. The van der Waals surface area contributed by atoms with Crippen LogP contribution in [0.25, 0.3) is 0 Å².